The molecule has 0 spiro atoms. The minimum atomic E-state index is 0.247. The first-order chi connectivity index (χ1) is 8.35. The number of nitrogens with two attached hydrogens (primary N) is 1. The van der Waals surface area contributed by atoms with Crippen LogP contribution in [0.5, 0.6) is 0 Å². The van der Waals surface area contributed by atoms with Crippen molar-refractivity contribution in [3.8, 4) is 0 Å². The van der Waals surface area contributed by atoms with Gasteiger partial charge in [0.15, 0.2) is 0 Å². The molecule has 0 aromatic carbocycles. The largest absolute Gasteiger partial charge is 0.333 e. The van der Waals surface area contributed by atoms with Gasteiger partial charge in [0.2, 0.25) is 0 Å². The highest BCUT2D eigenvalue weighted by atomic mass is 15.1. The normalized spacial score (nSPS) is 17.3. The van der Waals surface area contributed by atoms with Crippen LogP contribution in [0.3, 0.4) is 0 Å². The van der Waals surface area contributed by atoms with Crippen molar-refractivity contribution in [1.29, 1.82) is 0 Å². The van der Waals surface area contributed by atoms with Crippen molar-refractivity contribution in [2.24, 2.45) is 11.7 Å². The number of aromatic nitrogens is 2. The Balaban J connectivity index is 1.78. The predicted octanol–water partition coefficient (Wildman–Crippen LogP) is 1.68. The maximum absolute atomic E-state index is 5.84. The molecular formula is C13H24N4. The molecule has 0 bridgehead atoms. The number of imidazole rings is 1. The molecular weight excluding hydrogens is 212 g/mol. The Hall–Kier alpha value is -0.870. The molecule has 1 atom stereocenters. The van der Waals surface area contributed by atoms with Crippen molar-refractivity contribution in [2.45, 2.75) is 45.2 Å². The van der Waals surface area contributed by atoms with Gasteiger partial charge in [-0.05, 0) is 32.2 Å². The lowest BCUT2D eigenvalue weighted by Gasteiger charge is -2.18. The molecule has 4 heteroatoms. The smallest absolute Gasteiger partial charge is 0.0948 e. The Morgan fingerprint density at radius 1 is 1.59 bits per heavy atom. The third-order valence-corrected chi connectivity index (χ3v) is 3.55. The number of nitrogens with one attached hydrogen (secondary N) is 1. The van der Waals surface area contributed by atoms with Gasteiger partial charge < -0.3 is 15.6 Å². The van der Waals surface area contributed by atoms with Crippen molar-refractivity contribution in [3.05, 3.63) is 18.2 Å². The van der Waals surface area contributed by atoms with E-state index in [1.165, 1.54) is 31.4 Å². The van der Waals surface area contributed by atoms with Crippen LogP contribution in [0.25, 0.3) is 0 Å². The highest BCUT2D eigenvalue weighted by Gasteiger charge is 2.20. The zero-order valence-electron chi connectivity index (χ0n) is 10.7. The molecule has 1 unspecified atom stereocenters. The standard InChI is InChI=1S/C13H24N4/c1-2-17-10-15-9-13(17)12(8-14)16-7-3-4-11-5-6-11/h9-12,16H,2-8,14H2,1H3. The van der Waals surface area contributed by atoms with E-state index in [9.17, 15) is 0 Å². The van der Waals surface area contributed by atoms with Gasteiger partial charge >= 0.3 is 0 Å². The van der Waals surface area contributed by atoms with Crippen LogP contribution in [-0.2, 0) is 6.54 Å². The summed E-state index contributed by atoms with van der Waals surface area (Å²) in [4.78, 5) is 4.20. The molecule has 3 N–H and O–H groups in total. The molecule has 2 rings (SSSR count). The van der Waals surface area contributed by atoms with E-state index < -0.39 is 0 Å². The fourth-order valence-electron chi connectivity index (χ4n) is 2.27. The summed E-state index contributed by atoms with van der Waals surface area (Å²) < 4.78 is 2.16. The maximum Gasteiger partial charge on any atom is 0.0948 e. The van der Waals surface area contributed by atoms with Crippen LogP contribution in [-0.4, -0.2) is 22.6 Å². The van der Waals surface area contributed by atoms with E-state index in [-0.39, 0.29) is 6.04 Å². The first-order valence-electron chi connectivity index (χ1n) is 6.78. The first kappa shape index (κ1) is 12.6. The van der Waals surface area contributed by atoms with E-state index >= 15 is 0 Å². The second-order valence-electron chi connectivity index (χ2n) is 4.93. The second-order valence-corrected chi connectivity index (χ2v) is 4.93. The zero-order valence-corrected chi connectivity index (χ0v) is 10.7. The van der Waals surface area contributed by atoms with E-state index in [1.54, 1.807) is 0 Å². The Kier molecular flexibility index (Phi) is 4.57. The minimum absolute atomic E-state index is 0.247. The topological polar surface area (TPSA) is 55.9 Å². The third-order valence-electron chi connectivity index (χ3n) is 3.55. The molecule has 1 aliphatic carbocycles. The average Bonchev–Trinajstić information content (AvgIpc) is 3.05. The molecule has 17 heavy (non-hydrogen) atoms. The first-order valence-corrected chi connectivity index (χ1v) is 6.78. The Morgan fingerprint density at radius 2 is 2.41 bits per heavy atom. The van der Waals surface area contributed by atoms with Crippen LogP contribution in [0.15, 0.2) is 12.5 Å². The molecule has 96 valence electrons. The van der Waals surface area contributed by atoms with Gasteiger partial charge in [0.05, 0.1) is 18.1 Å². The van der Waals surface area contributed by atoms with Crippen LogP contribution in [0.2, 0.25) is 0 Å². The average molecular weight is 236 g/mol. The lowest BCUT2D eigenvalue weighted by molar-refractivity contribution is 0.486. The Morgan fingerprint density at radius 3 is 3.06 bits per heavy atom. The zero-order chi connectivity index (χ0) is 12.1. The highest BCUT2D eigenvalue weighted by molar-refractivity contribution is 5.05. The molecule has 0 radical (unpaired) electrons. The summed E-state index contributed by atoms with van der Waals surface area (Å²) in [5.41, 5.74) is 7.05. The van der Waals surface area contributed by atoms with Gasteiger partial charge in [-0.25, -0.2) is 4.98 Å². The summed E-state index contributed by atoms with van der Waals surface area (Å²) >= 11 is 0. The highest BCUT2D eigenvalue weighted by Crippen LogP contribution is 2.33. The molecule has 4 nitrogen and oxygen atoms in total. The van der Waals surface area contributed by atoms with Crippen molar-refractivity contribution in [2.75, 3.05) is 13.1 Å². The molecule has 0 amide bonds. The molecule has 1 heterocycles. The Labute approximate surface area is 104 Å². The fourth-order valence-corrected chi connectivity index (χ4v) is 2.27. The molecule has 0 saturated heterocycles. The summed E-state index contributed by atoms with van der Waals surface area (Å²) in [7, 11) is 0. The van der Waals surface area contributed by atoms with E-state index in [0.717, 1.165) is 19.0 Å². The lowest BCUT2D eigenvalue weighted by Crippen LogP contribution is -2.30. The number of hydrogen-bond acceptors (Lipinski definition) is 3. The van der Waals surface area contributed by atoms with Crippen molar-refractivity contribution < 1.29 is 0 Å². The fraction of sp³-hybridized carbons (Fsp3) is 0.769. The third kappa shape index (κ3) is 3.54. The number of nitrogens with zero attached hydrogens (tertiary/aromatic N) is 2. The molecule has 1 aromatic rings. The molecule has 1 saturated carbocycles. The summed E-state index contributed by atoms with van der Waals surface area (Å²) in [6.45, 7) is 4.78. The molecule has 1 aromatic heterocycles. The quantitative estimate of drug-likeness (QED) is 0.675. The van der Waals surface area contributed by atoms with Gasteiger partial charge in [0, 0.05) is 19.3 Å². The van der Waals surface area contributed by atoms with Gasteiger partial charge in [-0.1, -0.05) is 12.8 Å². The maximum atomic E-state index is 5.84. The van der Waals surface area contributed by atoms with Crippen molar-refractivity contribution in [1.82, 2.24) is 14.9 Å². The van der Waals surface area contributed by atoms with Gasteiger partial charge in [-0.3, -0.25) is 0 Å². The summed E-state index contributed by atoms with van der Waals surface area (Å²) in [6.07, 6.45) is 9.34. The van der Waals surface area contributed by atoms with E-state index in [4.69, 9.17) is 5.73 Å². The summed E-state index contributed by atoms with van der Waals surface area (Å²) in [5.74, 6) is 1.02. The van der Waals surface area contributed by atoms with E-state index in [1.807, 2.05) is 12.5 Å². The lowest BCUT2D eigenvalue weighted by atomic mass is 10.2. The van der Waals surface area contributed by atoms with Crippen LogP contribution >= 0.6 is 0 Å². The molecule has 1 aliphatic rings. The number of rotatable bonds is 8. The molecule has 0 aliphatic heterocycles. The Bertz CT molecular complexity index is 330. The van der Waals surface area contributed by atoms with Gasteiger partial charge in [0.1, 0.15) is 0 Å². The van der Waals surface area contributed by atoms with E-state index in [2.05, 4.69) is 21.8 Å². The summed E-state index contributed by atoms with van der Waals surface area (Å²) in [5, 5.41) is 3.54. The van der Waals surface area contributed by atoms with Crippen molar-refractivity contribution >= 4 is 0 Å². The number of aryl methyl sites for hydroxylation is 1. The van der Waals surface area contributed by atoms with Crippen LogP contribution in [0.1, 0.15) is 44.3 Å². The van der Waals surface area contributed by atoms with Gasteiger partial charge in [-0.15, -0.1) is 0 Å². The minimum Gasteiger partial charge on any atom is -0.333 e. The van der Waals surface area contributed by atoms with Crippen LogP contribution in [0, 0.1) is 5.92 Å². The summed E-state index contributed by atoms with van der Waals surface area (Å²) in [6, 6.07) is 0.247. The second kappa shape index (κ2) is 6.17. The van der Waals surface area contributed by atoms with E-state index in [0.29, 0.717) is 6.54 Å². The number of hydrogen-bond donors (Lipinski definition) is 2. The predicted molar refractivity (Wildman–Crippen MR) is 69.7 cm³/mol. The monoisotopic (exact) mass is 236 g/mol. The van der Waals surface area contributed by atoms with Crippen molar-refractivity contribution in [3.63, 3.8) is 0 Å². The molecule has 1 fully saturated rings. The van der Waals surface area contributed by atoms with Gasteiger partial charge in [-0.2, -0.15) is 0 Å². The van der Waals surface area contributed by atoms with Crippen LogP contribution < -0.4 is 11.1 Å². The van der Waals surface area contributed by atoms with Crippen LogP contribution in [0.4, 0.5) is 0 Å². The van der Waals surface area contributed by atoms with Gasteiger partial charge in [0.25, 0.3) is 0 Å². The SMILES string of the molecule is CCn1cncc1C(CN)NCCCC1CC1.